The Morgan fingerprint density at radius 3 is 2.65 bits per heavy atom. The van der Waals surface area contributed by atoms with E-state index >= 15 is 0 Å². The van der Waals surface area contributed by atoms with Crippen LogP contribution in [0.15, 0.2) is 35.5 Å². The summed E-state index contributed by atoms with van der Waals surface area (Å²) in [5.41, 5.74) is 1.28. The molecule has 0 radical (unpaired) electrons. The first-order valence-electron chi connectivity index (χ1n) is 9.60. The molecular weight excluding hydrogens is 344 g/mol. The van der Waals surface area contributed by atoms with Crippen molar-refractivity contribution in [3.8, 4) is 0 Å². The van der Waals surface area contributed by atoms with Crippen LogP contribution in [0.2, 0.25) is 0 Å². The van der Waals surface area contributed by atoms with Crippen molar-refractivity contribution in [1.29, 1.82) is 0 Å². The fraction of sp³-hybridized carbons (Fsp3) is 0.550. The number of amides is 1. The van der Waals surface area contributed by atoms with Crippen LogP contribution in [0.5, 0.6) is 0 Å². The lowest BCUT2D eigenvalue weighted by Crippen LogP contribution is -2.35. The maximum atomic E-state index is 12.9. The Morgan fingerprint density at radius 2 is 1.88 bits per heavy atom. The van der Waals surface area contributed by atoms with Gasteiger partial charge in [0.2, 0.25) is 5.91 Å². The molecule has 1 aromatic heterocycles. The molecular formula is C20H26N4OS. The summed E-state index contributed by atoms with van der Waals surface area (Å²) < 4.78 is 2.08. The van der Waals surface area contributed by atoms with E-state index < -0.39 is 0 Å². The quantitative estimate of drug-likeness (QED) is 0.748. The van der Waals surface area contributed by atoms with Crippen LogP contribution in [0, 0.1) is 5.92 Å². The van der Waals surface area contributed by atoms with Gasteiger partial charge in [0.25, 0.3) is 0 Å². The summed E-state index contributed by atoms with van der Waals surface area (Å²) in [5, 5.41) is 9.79. The average molecular weight is 371 g/mol. The zero-order valence-electron chi connectivity index (χ0n) is 15.3. The highest BCUT2D eigenvalue weighted by atomic mass is 32.2. The number of carbonyl (C=O) groups is 1. The van der Waals surface area contributed by atoms with E-state index in [2.05, 4.69) is 43.9 Å². The van der Waals surface area contributed by atoms with Crippen LogP contribution in [-0.4, -0.2) is 32.1 Å². The van der Waals surface area contributed by atoms with Crippen LogP contribution in [0.1, 0.15) is 56.0 Å². The van der Waals surface area contributed by atoms with Crippen molar-refractivity contribution in [2.24, 2.45) is 13.0 Å². The lowest BCUT2D eigenvalue weighted by atomic mass is 10.1. The molecule has 2 aromatic rings. The SMILES string of the molecule is Cn1c(SCc2ccccc2)nnc1[C@@H]1CCCN1C(=O)C1CCCC1. The van der Waals surface area contributed by atoms with Crippen LogP contribution in [0.4, 0.5) is 0 Å². The summed E-state index contributed by atoms with van der Waals surface area (Å²) >= 11 is 1.70. The number of aromatic nitrogens is 3. The number of benzene rings is 1. The molecule has 2 fully saturated rings. The Morgan fingerprint density at radius 1 is 1.12 bits per heavy atom. The minimum Gasteiger partial charge on any atom is -0.332 e. The summed E-state index contributed by atoms with van der Waals surface area (Å²) in [6.45, 7) is 0.860. The fourth-order valence-corrected chi connectivity index (χ4v) is 5.04. The van der Waals surface area contributed by atoms with Gasteiger partial charge in [-0.15, -0.1) is 10.2 Å². The molecule has 1 aliphatic heterocycles. The van der Waals surface area contributed by atoms with Crippen molar-refractivity contribution in [2.45, 2.75) is 55.5 Å². The zero-order valence-corrected chi connectivity index (χ0v) is 16.1. The van der Waals surface area contributed by atoms with Crippen LogP contribution in [0.3, 0.4) is 0 Å². The summed E-state index contributed by atoms with van der Waals surface area (Å²) in [4.78, 5) is 15.0. The Kier molecular flexibility index (Phi) is 5.29. The lowest BCUT2D eigenvalue weighted by molar-refractivity contribution is -0.136. The minimum absolute atomic E-state index is 0.0895. The number of carbonyl (C=O) groups excluding carboxylic acids is 1. The molecule has 0 bridgehead atoms. The molecule has 0 unspecified atom stereocenters. The third-order valence-corrected chi connectivity index (χ3v) is 6.71. The Balaban J connectivity index is 1.47. The van der Waals surface area contributed by atoms with Gasteiger partial charge in [-0.1, -0.05) is 54.9 Å². The number of rotatable bonds is 5. The van der Waals surface area contributed by atoms with E-state index in [9.17, 15) is 4.79 Å². The Hall–Kier alpha value is -1.82. The van der Waals surface area contributed by atoms with E-state index in [0.29, 0.717) is 5.91 Å². The van der Waals surface area contributed by atoms with Gasteiger partial charge in [-0.25, -0.2) is 0 Å². The summed E-state index contributed by atoms with van der Waals surface area (Å²) in [5.74, 6) is 2.38. The fourth-order valence-electron chi connectivity index (χ4n) is 4.17. The molecule has 1 aromatic carbocycles. The molecule has 4 rings (SSSR count). The molecule has 1 aliphatic carbocycles. The third kappa shape index (κ3) is 3.52. The number of hydrogen-bond donors (Lipinski definition) is 0. The van der Waals surface area contributed by atoms with Gasteiger partial charge in [-0.3, -0.25) is 4.79 Å². The van der Waals surface area contributed by atoms with E-state index in [0.717, 1.165) is 49.0 Å². The first-order valence-corrected chi connectivity index (χ1v) is 10.6. The number of nitrogens with zero attached hydrogens (tertiary/aromatic N) is 4. The molecule has 2 heterocycles. The molecule has 1 amide bonds. The predicted molar refractivity (Wildman–Crippen MR) is 103 cm³/mol. The van der Waals surface area contributed by atoms with Crippen molar-refractivity contribution >= 4 is 17.7 Å². The highest BCUT2D eigenvalue weighted by Crippen LogP contribution is 2.36. The second-order valence-corrected chi connectivity index (χ2v) is 8.29. The molecule has 2 aliphatic rings. The largest absolute Gasteiger partial charge is 0.332 e. The van der Waals surface area contributed by atoms with Crippen molar-refractivity contribution in [1.82, 2.24) is 19.7 Å². The van der Waals surface area contributed by atoms with Crippen molar-refractivity contribution in [3.05, 3.63) is 41.7 Å². The van der Waals surface area contributed by atoms with E-state index in [1.165, 1.54) is 18.4 Å². The van der Waals surface area contributed by atoms with Gasteiger partial charge in [0.1, 0.15) is 0 Å². The number of thioether (sulfide) groups is 1. The van der Waals surface area contributed by atoms with Crippen molar-refractivity contribution < 1.29 is 4.79 Å². The number of likely N-dealkylation sites (tertiary alicyclic amines) is 1. The molecule has 1 saturated carbocycles. The zero-order chi connectivity index (χ0) is 17.9. The summed E-state index contributed by atoms with van der Waals surface area (Å²) in [6, 6.07) is 10.5. The molecule has 138 valence electrons. The predicted octanol–water partition coefficient (Wildman–Crippen LogP) is 3.96. The van der Waals surface area contributed by atoms with Gasteiger partial charge < -0.3 is 9.47 Å². The standard InChI is InChI=1S/C20H26N4OS/c1-23-18(21-22-20(23)26-14-15-8-3-2-4-9-15)17-12-7-13-24(17)19(25)16-10-5-6-11-16/h2-4,8-9,16-17H,5-7,10-14H2,1H3/t17-/m0/s1. The van der Waals surface area contributed by atoms with Crippen molar-refractivity contribution in [2.75, 3.05) is 6.54 Å². The van der Waals surface area contributed by atoms with Gasteiger partial charge in [0, 0.05) is 25.3 Å². The van der Waals surface area contributed by atoms with Crippen LogP contribution >= 0.6 is 11.8 Å². The highest BCUT2D eigenvalue weighted by Gasteiger charge is 2.37. The topological polar surface area (TPSA) is 51.0 Å². The van der Waals surface area contributed by atoms with Crippen molar-refractivity contribution in [3.63, 3.8) is 0 Å². The first-order chi connectivity index (χ1) is 12.7. The van der Waals surface area contributed by atoms with E-state index in [4.69, 9.17) is 0 Å². The second-order valence-electron chi connectivity index (χ2n) is 7.35. The Bertz CT molecular complexity index is 754. The normalized spacial score (nSPS) is 20.8. The first kappa shape index (κ1) is 17.6. The summed E-state index contributed by atoms with van der Waals surface area (Å²) in [7, 11) is 2.03. The maximum Gasteiger partial charge on any atom is 0.226 e. The molecule has 5 nitrogen and oxygen atoms in total. The maximum absolute atomic E-state index is 12.9. The van der Waals surface area contributed by atoms with E-state index in [-0.39, 0.29) is 12.0 Å². The highest BCUT2D eigenvalue weighted by molar-refractivity contribution is 7.98. The van der Waals surface area contributed by atoms with Crippen LogP contribution in [0.25, 0.3) is 0 Å². The second kappa shape index (κ2) is 7.82. The van der Waals surface area contributed by atoms with Crippen LogP contribution in [-0.2, 0) is 17.6 Å². The molecule has 0 spiro atoms. The van der Waals surface area contributed by atoms with Gasteiger partial charge in [0.15, 0.2) is 11.0 Å². The van der Waals surface area contributed by atoms with Gasteiger partial charge in [0.05, 0.1) is 6.04 Å². The van der Waals surface area contributed by atoms with Gasteiger partial charge in [-0.2, -0.15) is 0 Å². The average Bonchev–Trinajstić information content (AvgIpc) is 3.41. The number of hydrogen-bond acceptors (Lipinski definition) is 4. The van der Waals surface area contributed by atoms with E-state index in [1.54, 1.807) is 11.8 Å². The molecule has 0 N–H and O–H groups in total. The molecule has 6 heteroatoms. The third-order valence-electron chi connectivity index (χ3n) is 5.62. The van der Waals surface area contributed by atoms with Crippen LogP contribution < -0.4 is 0 Å². The smallest absolute Gasteiger partial charge is 0.226 e. The van der Waals surface area contributed by atoms with Gasteiger partial charge in [-0.05, 0) is 31.2 Å². The minimum atomic E-state index is 0.0895. The summed E-state index contributed by atoms with van der Waals surface area (Å²) in [6.07, 6.45) is 6.55. The molecule has 1 saturated heterocycles. The van der Waals surface area contributed by atoms with E-state index in [1.807, 2.05) is 13.1 Å². The Labute approximate surface area is 159 Å². The monoisotopic (exact) mass is 370 g/mol. The lowest BCUT2D eigenvalue weighted by Gasteiger charge is -2.26. The molecule has 26 heavy (non-hydrogen) atoms. The molecule has 1 atom stereocenters. The van der Waals surface area contributed by atoms with Gasteiger partial charge >= 0.3 is 0 Å².